The van der Waals surface area contributed by atoms with Gasteiger partial charge in [0.25, 0.3) is 0 Å². The van der Waals surface area contributed by atoms with E-state index < -0.39 is 0 Å². The molecule has 0 aromatic heterocycles. The molecule has 0 fully saturated rings. The van der Waals surface area contributed by atoms with Gasteiger partial charge in [0.15, 0.2) is 0 Å². The second-order valence-corrected chi connectivity index (χ2v) is 4.98. The molecule has 0 aromatic carbocycles. The molecule has 0 aliphatic rings. The number of ether oxygens (including phenoxy) is 2. The maximum absolute atomic E-state index is 11.0. The van der Waals surface area contributed by atoms with Crippen LogP contribution in [0.4, 0.5) is 0 Å². The first-order valence-corrected chi connectivity index (χ1v) is 8.67. The summed E-state index contributed by atoms with van der Waals surface area (Å²) in [5.74, 6) is -0.549. The fraction of sp³-hybridized carbons (Fsp3) is 0.500. The van der Waals surface area contributed by atoms with E-state index in [2.05, 4.69) is 24.3 Å². The SMILES string of the molecule is CCOC(=O)/C=C/CC/C=C\CC/C=C/CC/C=C/C(=O)OCC. The van der Waals surface area contributed by atoms with Crippen LogP contribution in [0.15, 0.2) is 48.6 Å². The molecule has 0 aliphatic carbocycles. The van der Waals surface area contributed by atoms with E-state index in [4.69, 9.17) is 9.47 Å². The highest BCUT2D eigenvalue weighted by molar-refractivity contribution is 5.82. The van der Waals surface area contributed by atoms with Crippen molar-refractivity contribution < 1.29 is 19.1 Å². The minimum Gasteiger partial charge on any atom is -0.463 e. The van der Waals surface area contributed by atoms with Gasteiger partial charge in [0.1, 0.15) is 0 Å². The predicted octanol–water partition coefficient (Wildman–Crippen LogP) is 4.68. The van der Waals surface area contributed by atoms with E-state index in [1.54, 1.807) is 13.8 Å². The molecule has 0 saturated carbocycles. The van der Waals surface area contributed by atoms with Crippen molar-refractivity contribution in [3.8, 4) is 0 Å². The van der Waals surface area contributed by atoms with Gasteiger partial charge in [-0.25, -0.2) is 9.59 Å². The van der Waals surface area contributed by atoms with E-state index >= 15 is 0 Å². The Bertz CT molecular complexity index is 403. The van der Waals surface area contributed by atoms with Crippen LogP contribution in [-0.4, -0.2) is 25.2 Å². The molecule has 0 radical (unpaired) electrons. The number of hydrogen-bond donors (Lipinski definition) is 0. The fourth-order valence-electron chi connectivity index (χ4n) is 1.79. The van der Waals surface area contributed by atoms with Crippen molar-refractivity contribution in [2.24, 2.45) is 0 Å². The van der Waals surface area contributed by atoms with Gasteiger partial charge < -0.3 is 9.47 Å². The zero-order chi connectivity index (χ0) is 17.9. The van der Waals surface area contributed by atoms with Crippen molar-refractivity contribution in [3.63, 3.8) is 0 Å². The molecule has 0 atom stereocenters. The molecule has 0 unspecified atom stereocenters. The van der Waals surface area contributed by atoms with Crippen LogP contribution in [0.1, 0.15) is 52.4 Å². The van der Waals surface area contributed by atoms with Crippen LogP contribution in [0.2, 0.25) is 0 Å². The van der Waals surface area contributed by atoms with Crippen LogP contribution in [-0.2, 0) is 19.1 Å². The Morgan fingerprint density at radius 2 is 0.875 bits per heavy atom. The quantitative estimate of drug-likeness (QED) is 0.212. The van der Waals surface area contributed by atoms with Gasteiger partial charge in [0, 0.05) is 12.2 Å². The van der Waals surface area contributed by atoms with Crippen LogP contribution in [0.5, 0.6) is 0 Å². The number of esters is 2. The topological polar surface area (TPSA) is 52.6 Å². The Kier molecular flexibility index (Phi) is 15.7. The highest BCUT2D eigenvalue weighted by Crippen LogP contribution is 2.00. The summed E-state index contributed by atoms with van der Waals surface area (Å²) in [5.41, 5.74) is 0. The van der Waals surface area contributed by atoms with Crippen LogP contribution in [0.25, 0.3) is 0 Å². The molecule has 4 heteroatoms. The van der Waals surface area contributed by atoms with Crippen LogP contribution in [0.3, 0.4) is 0 Å². The van der Waals surface area contributed by atoms with Gasteiger partial charge in [-0.05, 0) is 52.4 Å². The van der Waals surface area contributed by atoms with E-state index in [1.165, 1.54) is 12.2 Å². The third-order valence-corrected chi connectivity index (χ3v) is 2.91. The minimum atomic E-state index is -0.274. The van der Waals surface area contributed by atoms with Crippen molar-refractivity contribution in [2.75, 3.05) is 13.2 Å². The third kappa shape index (κ3) is 16.3. The average Bonchev–Trinajstić information content (AvgIpc) is 2.55. The van der Waals surface area contributed by atoms with Crippen LogP contribution in [0, 0.1) is 0 Å². The molecule has 0 heterocycles. The second kappa shape index (κ2) is 17.3. The maximum atomic E-state index is 11.0. The first kappa shape index (κ1) is 21.9. The Balaban J connectivity index is 3.51. The third-order valence-electron chi connectivity index (χ3n) is 2.91. The average molecular weight is 334 g/mol. The van der Waals surface area contributed by atoms with Gasteiger partial charge >= 0.3 is 11.9 Å². The standard InChI is InChI=1S/C20H30O4/c1-3-23-19(21)17-15-13-11-9-7-5-6-8-10-12-14-16-18-20(22)24-4-2/h7-10,15-18H,3-6,11-14H2,1-2H3/b9-7-,10-8+,17-15+,18-16+. The molecule has 4 nitrogen and oxygen atoms in total. The van der Waals surface area contributed by atoms with Crippen LogP contribution < -0.4 is 0 Å². The van der Waals surface area contributed by atoms with Crippen molar-refractivity contribution in [2.45, 2.75) is 52.4 Å². The lowest BCUT2D eigenvalue weighted by atomic mass is 10.2. The Morgan fingerprint density at radius 3 is 1.17 bits per heavy atom. The lowest BCUT2D eigenvalue weighted by Gasteiger charge is -1.94. The lowest BCUT2D eigenvalue weighted by Crippen LogP contribution is -1.98. The van der Waals surface area contributed by atoms with E-state index in [0.29, 0.717) is 13.2 Å². The minimum absolute atomic E-state index is 0.274. The van der Waals surface area contributed by atoms with Gasteiger partial charge in [-0.2, -0.15) is 0 Å². The fourth-order valence-corrected chi connectivity index (χ4v) is 1.79. The zero-order valence-corrected chi connectivity index (χ0v) is 14.9. The summed E-state index contributed by atoms with van der Waals surface area (Å²) in [6.45, 7) is 4.42. The van der Waals surface area contributed by atoms with E-state index in [0.717, 1.165) is 38.5 Å². The summed E-state index contributed by atoms with van der Waals surface area (Å²) >= 11 is 0. The van der Waals surface area contributed by atoms with Crippen molar-refractivity contribution in [1.82, 2.24) is 0 Å². The highest BCUT2D eigenvalue weighted by atomic mass is 16.5. The van der Waals surface area contributed by atoms with E-state index in [-0.39, 0.29) is 11.9 Å². The summed E-state index contributed by atoms with van der Waals surface area (Å²) in [5, 5.41) is 0. The first-order chi connectivity index (χ1) is 11.7. The van der Waals surface area contributed by atoms with Crippen molar-refractivity contribution in [3.05, 3.63) is 48.6 Å². The maximum Gasteiger partial charge on any atom is 0.330 e. The second-order valence-electron chi connectivity index (χ2n) is 4.98. The molecule has 0 aliphatic heterocycles. The van der Waals surface area contributed by atoms with E-state index in [1.807, 2.05) is 12.2 Å². The number of rotatable bonds is 13. The summed E-state index contributed by atoms with van der Waals surface area (Å²) in [4.78, 5) is 22.1. The molecule has 0 saturated heterocycles. The summed E-state index contributed by atoms with van der Waals surface area (Å²) in [6.07, 6.45) is 20.8. The number of carbonyl (C=O) groups is 2. The zero-order valence-electron chi connectivity index (χ0n) is 14.9. The monoisotopic (exact) mass is 334 g/mol. The van der Waals surface area contributed by atoms with Gasteiger partial charge in [-0.15, -0.1) is 0 Å². The van der Waals surface area contributed by atoms with E-state index in [9.17, 15) is 9.59 Å². The molecule has 0 rings (SSSR count). The molecule has 0 amide bonds. The molecular formula is C20H30O4. The summed E-state index contributed by atoms with van der Waals surface area (Å²) in [6, 6.07) is 0. The smallest absolute Gasteiger partial charge is 0.330 e. The number of allylic oxidation sites excluding steroid dienone is 6. The van der Waals surface area contributed by atoms with Gasteiger partial charge in [-0.3, -0.25) is 0 Å². The predicted molar refractivity (Wildman–Crippen MR) is 97.5 cm³/mol. The van der Waals surface area contributed by atoms with Gasteiger partial charge in [0.05, 0.1) is 13.2 Å². The molecular weight excluding hydrogens is 304 g/mol. The molecule has 134 valence electrons. The Hall–Kier alpha value is -2.10. The summed E-state index contributed by atoms with van der Waals surface area (Å²) < 4.78 is 9.59. The van der Waals surface area contributed by atoms with Crippen molar-refractivity contribution >= 4 is 11.9 Å². The Labute approximate surface area is 145 Å². The normalized spacial score (nSPS) is 11.9. The van der Waals surface area contributed by atoms with Crippen molar-refractivity contribution in [1.29, 1.82) is 0 Å². The van der Waals surface area contributed by atoms with Crippen LogP contribution >= 0.6 is 0 Å². The lowest BCUT2D eigenvalue weighted by molar-refractivity contribution is -0.138. The molecule has 0 spiro atoms. The molecule has 0 bridgehead atoms. The Morgan fingerprint density at radius 1 is 0.583 bits per heavy atom. The van der Waals surface area contributed by atoms with Gasteiger partial charge in [0.2, 0.25) is 0 Å². The number of hydrogen-bond acceptors (Lipinski definition) is 4. The molecule has 24 heavy (non-hydrogen) atoms. The molecule has 0 N–H and O–H groups in total. The molecule has 0 aromatic rings. The highest BCUT2D eigenvalue weighted by Gasteiger charge is 1.91. The number of unbranched alkanes of at least 4 members (excludes halogenated alkanes) is 3. The van der Waals surface area contributed by atoms with Gasteiger partial charge in [-0.1, -0.05) is 36.5 Å². The largest absolute Gasteiger partial charge is 0.463 e. The number of carbonyl (C=O) groups excluding carboxylic acids is 2. The first-order valence-electron chi connectivity index (χ1n) is 8.67. The summed E-state index contributed by atoms with van der Waals surface area (Å²) in [7, 11) is 0.